The van der Waals surface area contributed by atoms with Crippen molar-refractivity contribution >= 4 is 10.8 Å². The van der Waals surface area contributed by atoms with Crippen LogP contribution >= 0.6 is 0 Å². The van der Waals surface area contributed by atoms with Crippen molar-refractivity contribution in [2.24, 2.45) is 5.92 Å². The van der Waals surface area contributed by atoms with E-state index in [0.29, 0.717) is 13.2 Å². The Morgan fingerprint density at radius 2 is 2.14 bits per heavy atom. The van der Waals surface area contributed by atoms with Gasteiger partial charge in [0.15, 0.2) is 0 Å². The summed E-state index contributed by atoms with van der Waals surface area (Å²) in [5.41, 5.74) is 1.21. The van der Waals surface area contributed by atoms with Crippen LogP contribution in [0.2, 0.25) is 0 Å². The first kappa shape index (κ1) is 15.3. The molecule has 0 amide bonds. The molecule has 0 aliphatic carbocycles. The van der Waals surface area contributed by atoms with E-state index in [-0.39, 0.29) is 12.5 Å². The van der Waals surface area contributed by atoms with Crippen LogP contribution in [-0.4, -0.2) is 50.0 Å². The van der Waals surface area contributed by atoms with Crippen molar-refractivity contribution in [1.82, 2.24) is 4.90 Å². The predicted molar refractivity (Wildman–Crippen MR) is 87.2 cm³/mol. The van der Waals surface area contributed by atoms with Gasteiger partial charge >= 0.3 is 0 Å². The van der Waals surface area contributed by atoms with Gasteiger partial charge in [-0.05, 0) is 16.8 Å². The van der Waals surface area contributed by atoms with E-state index in [0.717, 1.165) is 25.4 Å². The molecule has 118 valence electrons. The Morgan fingerprint density at radius 3 is 2.95 bits per heavy atom. The highest BCUT2D eigenvalue weighted by molar-refractivity contribution is 5.87. The van der Waals surface area contributed by atoms with Gasteiger partial charge in [-0.25, -0.2) is 0 Å². The summed E-state index contributed by atoms with van der Waals surface area (Å²) in [6, 6.07) is 12.5. The maximum atomic E-state index is 9.44. The zero-order chi connectivity index (χ0) is 15.4. The standard InChI is InChI=1S/C18H23NO3/c1-21-18-7-6-15-4-2-3-5-16(15)17(18)11-19-8-9-22-13-14(10-19)12-20/h2-7,14,20H,8-13H2,1H3/t14-/m1/s1. The van der Waals surface area contributed by atoms with Gasteiger partial charge in [0.25, 0.3) is 0 Å². The molecular weight excluding hydrogens is 278 g/mol. The molecule has 0 radical (unpaired) electrons. The second-order valence-electron chi connectivity index (χ2n) is 5.83. The quantitative estimate of drug-likeness (QED) is 0.941. The van der Waals surface area contributed by atoms with Gasteiger partial charge in [-0.1, -0.05) is 30.3 Å². The normalized spacial score (nSPS) is 20.0. The number of benzene rings is 2. The third-order valence-corrected chi connectivity index (χ3v) is 4.28. The first-order valence-electron chi connectivity index (χ1n) is 7.77. The summed E-state index contributed by atoms with van der Waals surface area (Å²) < 4.78 is 11.1. The number of rotatable bonds is 4. The van der Waals surface area contributed by atoms with Crippen molar-refractivity contribution in [3.8, 4) is 5.75 Å². The molecule has 1 heterocycles. The predicted octanol–water partition coefficient (Wildman–Crippen LogP) is 2.29. The van der Waals surface area contributed by atoms with Crippen LogP contribution in [0.25, 0.3) is 10.8 Å². The smallest absolute Gasteiger partial charge is 0.123 e. The summed E-state index contributed by atoms with van der Waals surface area (Å²) >= 11 is 0. The average molecular weight is 301 g/mol. The van der Waals surface area contributed by atoms with Crippen LogP contribution in [0, 0.1) is 5.92 Å². The number of aliphatic hydroxyl groups is 1. The molecule has 1 aliphatic heterocycles. The highest BCUT2D eigenvalue weighted by Crippen LogP contribution is 2.29. The van der Waals surface area contributed by atoms with E-state index in [2.05, 4.69) is 35.2 Å². The molecule has 3 rings (SSSR count). The third-order valence-electron chi connectivity index (χ3n) is 4.28. The lowest BCUT2D eigenvalue weighted by molar-refractivity contribution is 0.0958. The van der Waals surface area contributed by atoms with Crippen LogP contribution in [0.1, 0.15) is 5.56 Å². The van der Waals surface area contributed by atoms with Crippen LogP contribution in [0.15, 0.2) is 36.4 Å². The Labute approximate surface area is 131 Å². The van der Waals surface area contributed by atoms with Crippen LogP contribution in [0.4, 0.5) is 0 Å². The van der Waals surface area contributed by atoms with E-state index < -0.39 is 0 Å². The first-order valence-corrected chi connectivity index (χ1v) is 7.77. The molecule has 0 spiro atoms. The van der Waals surface area contributed by atoms with Crippen LogP contribution in [0.5, 0.6) is 5.75 Å². The maximum absolute atomic E-state index is 9.44. The van der Waals surface area contributed by atoms with Gasteiger partial charge in [0.1, 0.15) is 5.75 Å². The second-order valence-corrected chi connectivity index (χ2v) is 5.83. The van der Waals surface area contributed by atoms with Crippen molar-refractivity contribution < 1.29 is 14.6 Å². The zero-order valence-corrected chi connectivity index (χ0v) is 13.0. The van der Waals surface area contributed by atoms with Crippen molar-refractivity contribution in [2.45, 2.75) is 6.54 Å². The number of nitrogens with zero attached hydrogens (tertiary/aromatic N) is 1. The summed E-state index contributed by atoms with van der Waals surface area (Å²) in [5, 5.41) is 11.9. The summed E-state index contributed by atoms with van der Waals surface area (Å²) in [6.45, 7) is 4.06. The molecule has 0 bridgehead atoms. The molecule has 1 saturated heterocycles. The van der Waals surface area contributed by atoms with Gasteiger partial charge in [0, 0.05) is 37.7 Å². The molecule has 0 saturated carbocycles. The Kier molecular flexibility index (Phi) is 4.93. The van der Waals surface area contributed by atoms with Crippen molar-refractivity contribution in [3.63, 3.8) is 0 Å². The number of aliphatic hydroxyl groups excluding tert-OH is 1. The van der Waals surface area contributed by atoms with Gasteiger partial charge in [-0.2, -0.15) is 0 Å². The fraction of sp³-hybridized carbons (Fsp3) is 0.444. The molecule has 0 aromatic heterocycles. The molecule has 4 nitrogen and oxygen atoms in total. The SMILES string of the molecule is COc1ccc2ccccc2c1CN1CCOC[C@@H](CO)C1. The molecule has 4 heteroatoms. The van der Waals surface area contributed by atoms with Crippen molar-refractivity contribution in [1.29, 1.82) is 0 Å². The number of hydrogen-bond donors (Lipinski definition) is 1. The molecule has 1 fully saturated rings. The molecule has 22 heavy (non-hydrogen) atoms. The molecule has 2 aromatic carbocycles. The number of ether oxygens (including phenoxy) is 2. The summed E-state index contributed by atoms with van der Waals surface area (Å²) in [7, 11) is 1.72. The van der Waals surface area contributed by atoms with Crippen LogP contribution in [0.3, 0.4) is 0 Å². The minimum absolute atomic E-state index is 0.170. The lowest BCUT2D eigenvalue weighted by Gasteiger charge is -2.24. The molecule has 2 aromatic rings. The maximum Gasteiger partial charge on any atom is 0.123 e. The Morgan fingerprint density at radius 1 is 1.27 bits per heavy atom. The Balaban J connectivity index is 1.91. The number of hydrogen-bond acceptors (Lipinski definition) is 4. The fourth-order valence-corrected chi connectivity index (χ4v) is 3.10. The monoisotopic (exact) mass is 301 g/mol. The van der Waals surface area contributed by atoms with Crippen molar-refractivity contribution in [2.75, 3.05) is 40.0 Å². The average Bonchev–Trinajstić information content (AvgIpc) is 2.80. The van der Waals surface area contributed by atoms with E-state index in [1.807, 2.05) is 6.07 Å². The van der Waals surface area contributed by atoms with Gasteiger partial charge in [-0.3, -0.25) is 4.90 Å². The highest BCUT2D eigenvalue weighted by Gasteiger charge is 2.20. The molecule has 1 atom stereocenters. The van der Waals surface area contributed by atoms with Crippen LogP contribution < -0.4 is 4.74 Å². The minimum atomic E-state index is 0.170. The molecule has 0 unspecified atom stereocenters. The van der Waals surface area contributed by atoms with E-state index in [9.17, 15) is 5.11 Å². The van der Waals surface area contributed by atoms with E-state index >= 15 is 0 Å². The summed E-state index contributed by atoms with van der Waals surface area (Å²) in [4.78, 5) is 2.35. The zero-order valence-electron chi connectivity index (χ0n) is 13.0. The fourth-order valence-electron chi connectivity index (χ4n) is 3.10. The van der Waals surface area contributed by atoms with Gasteiger partial charge in [0.2, 0.25) is 0 Å². The molecular formula is C18H23NO3. The topological polar surface area (TPSA) is 41.9 Å². The second kappa shape index (κ2) is 7.09. The minimum Gasteiger partial charge on any atom is -0.496 e. The third kappa shape index (κ3) is 3.24. The Bertz CT molecular complexity index is 629. The Hall–Kier alpha value is -1.62. The van der Waals surface area contributed by atoms with Crippen LogP contribution in [-0.2, 0) is 11.3 Å². The highest BCUT2D eigenvalue weighted by atomic mass is 16.5. The largest absolute Gasteiger partial charge is 0.496 e. The molecule has 1 N–H and O–H groups in total. The molecule has 1 aliphatic rings. The first-order chi connectivity index (χ1) is 10.8. The lowest BCUT2D eigenvalue weighted by atomic mass is 10.0. The number of methoxy groups -OCH3 is 1. The van der Waals surface area contributed by atoms with E-state index in [1.165, 1.54) is 16.3 Å². The van der Waals surface area contributed by atoms with Crippen molar-refractivity contribution in [3.05, 3.63) is 42.0 Å². The lowest BCUT2D eigenvalue weighted by Crippen LogP contribution is -2.31. The summed E-state index contributed by atoms with van der Waals surface area (Å²) in [5.74, 6) is 1.10. The van der Waals surface area contributed by atoms with Gasteiger partial charge in [0.05, 0.1) is 20.3 Å². The summed E-state index contributed by atoms with van der Waals surface area (Å²) in [6.07, 6.45) is 0. The number of fused-ring (bicyclic) bond motifs is 1. The van der Waals surface area contributed by atoms with Gasteiger partial charge in [-0.15, -0.1) is 0 Å². The van der Waals surface area contributed by atoms with Gasteiger partial charge < -0.3 is 14.6 Å². The van der Waals surface area contributed by atoms with E-state index in [1.54, 1.807) is 7.11 Å². The van der Waals surface area contributed by atoms with E-state index in [4.69, 9.17) is 9.47 Å².